The average Bonchev–Trinajstić information content (AvgIpc) is 3.16. The standard InChI is InChI=1S/C17H23F2N3O3S/c18-13-5-6-14(19)16(9-13)26(24,25)22-8-2-3-12(11-22)10-21-17(23)15-4-1-7-20-15/h5-6,9,12,15,20H,1-4,7-8,10-11H2,(H,21,23). The van der Waals surface area contributed by atoms with E-state index in [1.807, 2.05) is 0 Å². The topological polar surface area (TPSA) is 78.5 Å². The summed E-state index contributed by atoms with van der Waals surface area (Å²) < 4.78 is 53.8. The quantitative estimate of drug-likeness (QED) is 0.797. The number of amides is 1. The summed E-state index contributed by atoms with van der Waals surface area (Å²) in [4.78, 5) is 11.4. The third kappa shape index (κ3) is 4.21. The maximum Gasteiger partial charge on any atom is 0.246 e. The van der Waals surface area contributed by atoms with Gasteiger partial charge in [0.2, 0.25) is 15.9 Å². The molecule has 2 aliphatic rings. The maximum atomic E-state index is 13.9. The van der Waals surface area contributed by atoms with Gasteiger partial charge in [0.15, 0.2) is 0 Å². The van der Waals surface area contributed by atoms with Crippen molar-refractivity contribution < 1.29 is 22.0 Å². The summed E-state index contributed by atoms with van der Waals surface area (Å²) in [5.74, 6) is -1.89. The first kappa shape index (κ1) is 19.2. The number of nitrogens with zero attached hydrogens (tertiary/aromatic N) is 1. The summed E-state index contributed by atoms with van der Waals surface area (Å²) in [6.45, 7) is 1.63. The van der Waals surface area contributed by atoms with Crippen molar-refractivity contribution >= 4 is 15.9 Å². The predicted octanol–water partition coefficient (Wildman–Crippen LogP) is 1.23. The van der Waals surface area contributed by atoms with Crippen LogP contribution in [0.15, 0.2) is 23.1 Å². The molecule has 0 saturated carbocycles. The van der Waals surface area contributed by atoms with Gasteiger partial charge >= 0.3 is 0 Å². The van der Waals surface area contributed by atoms with E-state index in [1.165, 1.54) is 4.31 Å². The lowest BCUT2D eigenvalue weighted by Crippen LogP contribution is -2.46. The molecular formula is C17H23F2N3O3S. The van der Waals surface area contributed by atoms with E-state index < -0.39 is 26.6 Å². The molecule has 1 amide bonds. The number of rotatable bonds is 5. The molecule has 1 aromatic carbocycles. The molecule has 144 valence electrons. The number of nitrogens with one attached hydrogen (secondary N) is 2. The van der Waals surface area contributed by atoms with E-state index in [0.717, 1.165) is 37.9 Å². The molecular weight excluding hydrogens is 364 g/mol. The number of hydrogen-bond donors (Lipinski definition) is 2. The summed E-state index contributed by atoms with van der Waals surface area (Å²) in [5.41, 5.74) is 0. The Morgan fingerprint density at radius 1 is 1.27 bits per heavy atom. The van der Waals surface area contributed by atoms with Crippen LogP contribution in [-0.2, 0) is 14.8 Å². The van der Waals surface area contributed by atoms with Gasteiger partial charge in [-0.2, -0.15) is 4.31 Å². The third-order valence-electron chi connectivity index (χ3n) is 4.93. The van der Waals surface area contributed by atoms with Crippen molar-refractivity contribution in [3.05, 3.63) is 29.8 Å². The minimum absolute atomic E-state index is 0.0551. The van der Waals surface area contributed by atoms with Crippen molar-refractivity contribution in [2.24, 2.45) is 5.92 Å². The smallest absolute Gasteiger partial charge is 0.246 e. The Morgan fingerprint density at radius 2 is 2.08 bits per heavy atom. The SMILES string of the molecule is O=C(NCC1CCCN(S(=O)(=O)c2cc(F)ccc2F)C1)C1CCCN1. The first-order chi connectivity index (χ1) is 12.4. The largest absolute Gasteiger partial charge is 0.354 e. The van der Waals surface area contributed by atoms with Gasteiger partial charge in [-0.05, 0) is 56.3 Å². The fourth-order valence-electron chi connectivity index (χ4n) is 3.50. The third-order valence-corrected chi connectivity index (χ3v) is 6.81. The van der Waals surface area contributed by atoms with Crippen LogP contribution in [0.25, 0.3) is 0 Å². The molecule has 0 bridgehead atoms. The molecule has 0 aromatic heterocycles. The molecule has 2 unspecified atom stereocenters. The number of hydrogen-bond acceptors (Lipinski definition) is 4. The van der Waals surface area contributed by atoms with E-state index in [1.54, 1.807) is 0 Å². The molecule has 0 radical (unpaired) electrons. The molecule has 26 heavy (non-hydrogen) atoms. The number of piperidine rings is 1. The number of benzene rings is 1. The highest BCUT2D eigenvalue weighted by molar-refractivity contribution is 7.89. The van der Waals surface area contributed by atoms with E-state index in [2.05, 4.69) is 10.6 Å². The second-order valence-corrected chi connectivity index (χ2v) is 8.75. The lowest BCUT2D eigenvalue weighted by atomic mass is 9.99. The van der Waals surface area contributed by atoms with E-state index >= 15 is 0 Å². The second kappa shape index (κ2) is 7.98. The van der Waals surface area contributed by atoms with Gasteiger partial charge in [-0.15, -0.1) is 0 Å². The highest BCUT2D eigenvalue weighted by atomic mass is 32.2. The molecule has 2 saturated heterocycles. The monoisotopic (exact) mass is 387 g/mol. The average molecular weight is 387 g/mol. The van der Waals surface area contributed by atoms with Gasteiger partial charge in [-0.3, -0.25) is 4.79 Å². The Balaban J connectivity index is 1.64. The normalized spacial score (nSPS) is 24.5. The zero-order chi connectivity index (χ0) is 18.7. The number of carbonyl (C=O) groups excluding carboxylic acids is 1. The summed E-state index contributed by atoms with van der Waals surface area (Å²) in [6.07, 6.45) is 3.15. The fourth-order valence-corrected chi connectivity index (χ4v) is 5.13. The summed E-state index contributed by atoms with van der Waals surface area (Å²) in [7, 11) is -4.11. The van der Waals surface area contributed by atoms with Crippen molar-refractivity contribution in [1.29, 1.82) is 0 Å². The van der Waals surface area contributed by atoms with Crippen LogP contribution < -0.4 is 10.6 Å². The van der Waals surface area contributed by atoms with E-state index in [0.29, 0.717) is 19.0 Å². The van der Waals surface area contributed by atoms with Gasteiger partial charge in [0.25, 0.3) is 0 Å². The zero-order valence-corrected chi connectivity index (χ0v) is 15.2. The maximum absolute atomic E-state index is 13.9. The van der Waals surface area contributed by atoms with Gasteiger partial charge in [0.05, 0.1) is 6.04 Å². The molecule has 0 spiro atoms. The Labute approximate surface area is 152 Å². The van der Waals surface area contributed by atoms with E-state index in [9.17, 15) is 22.0 Å². The lowest BCUT2D eigenvalue weighted by molar-refractivity contribution is -0.123. The lowest BCUT2D eigenvalue weighted by Gasteiger charge is -2.32. The van der Waals surface area contributed by atoms with Crippen LogP contribution in [0, 0.1) is 17.6 Å². The van der Waals surface area contributed by atoms with Gasteiger partial charge in [-0.1, -0.05) is 0 Å². The van der Waals surface area contributed by atoms with Crippen molar-refractivity contribution in [2.75, 3.05) is 26.2 Å². The molecule has 2 N–H and O–H groups in total. The van der Waals surface area contributed by atoms with E-state index in [-0.39, 0.29) is 31.0 Å². The van der Waals surface area contributed by atoms with Crippen LogP contribution in [0.5, 0.6) is 0 Å². The Hall–Kier alpha value is -1.58. The molecule has 1 aromatic rings. The fraction of sp³-hybridized carbons (Fsp3) is 0.588. The van der Waals surface area contributed by atoms with Crippen molar-refractivity contribution in [3.8, 4) is 0 Å². The number of carbonyl (C=O) groups is 1. The molecule has 2 aliphatic heterocycles. The zero-order valence-electron chi connectivity index (χ0n) is 14.4. The molecule has 2 atom stereocenters. The molecule has 3 rings (SSSR count). The molecule has 2 fully saturated rings. The minimum atomic E-state index is -4.11. The van der Waals surface area contributed by atoms with Crippen LogP contribution in [0.4, 0.5) is 8.78 Å². The first-order valence-corrected chi connectivity index (χ1v) is 10.3. The Kier molecular flexibility index (Phi) is 5.89. The Morgan fingerprint density at radius 3 is 2.81 bits per heavy atom. The van der Waals surface area contributed by atoms with Crippen LogP contribution in [0.3, 0.4) is 0 Å². The molecule has 2 heterocycles. The second-order valence-electron chi connectivity index (χ2n) is 6.84. The van der Waals surface area contributed by atoms with Gasteiger partial charge in [-0.25, -0.2) is 17.2 Å². The molecule has 0 aliphatic carbocycles. The predicted molar refractivity (Wildman–Crippen MR) is 91.9 cm³/mol. The van der Waals surface area contributed by atoms with Gasteiger partial charge < -0.3 is 10.6 Å². The van der Waals surface area contributed by atoms with Crippen LogP contribution in [0.1, 0.15) is 25.7 Å². The number of sulfonamides is 1. The summed E-state index contributed by atoms with van der Waals surface area (Å²) in [6, 6.07) is 2.24. The van der Waals surface area contributed by atoms with Crippen LogP contribution in [-0.4, -0.2) is 50.9 Å². The van der Waals surface area contributed by atoms with Gasteiger partial charge in [0, 0.05) is 19.6 Å². The highest BCUT2D eigenvalue weighted by Gasteiger charge is 2.33. The van der Waals surface area contributed by atoms with Crippen LogP contribution >= 0.6 is 0 Å². The summed E-state index contributed by atoms with van der Waals surface area (Å²) >= 11 is 0. The van der Waals surface area contributed by atoms with Crippen LogP contribution in [0.2, 0.25) is 0 Å². The highest BCUT2D eigenvalue weighted by Crippen LogP contribution is 2.25. The molecule has 9 heteroatoms. The number of halogens is 2. The summed E-state index contributed by atoms with van der Waals surface area (Å²) in [5, 5.41) is 5.98. The van der Waals surface area contributed by atoms with Crippen molar-refractivity contribution in [1.82, 2.24) is 14.9 Å². The van der Waals surface area contributed by atoms with Crippen molar-refractivity contribution in [3.63, 3.8) is 0 Å². The Bertz CT molecular complexity index is 767. The van der Waals surface area contributed by atoms with E-state index in [4.69, 9.17) is 0 Å². The van der Waals surface area contributed by atoms with Gasteiger partial charge in [0.1, 0.15) is 16.5 Å². The molecule has 6 nitrogen and oxygen atoms in total. The minimum Gasteiger partial charge on any atom is -0.354 e. The first-order valence-electron chi connectivity index (χ1n) is 8.84. The van der Waals surface area contributed by atoms with Crippen molar-refractivity contribution in [2.45, 2.75) is 36.6 Å².